The molecular weight excluding hydrogens is 179 g/mol. The lowest BCUT2D eigenvalue weighted by Gasteiger charge is -2.06. The molecule has 3 heteroatoms. The first kappa shape index (κ1) is 9.19. The van der Waals surface area contributed by atoms with E-state index < -0.39 is 0 Å². The second-order valence-corrected chi connectivity index (χ2v) is 3.79. The molecule has 0 saturated heterocycles. The zero-order chi connectivity index (χ0) is 10.3. The van der Waals surface area contributed by atoms with Crippen LogP contribution in [0, 0.1) is 12.7 Å². The Hall–Kier alpha value is -1.38. The topological polar surface area (TPSA) is 17.8 Å². The van der Waals surface area contributed by atoms with E-state index in [0.29, 0.717) is 6.04 Å². The fourth-order valence-corrected chi connectivity index (χ4v) is 1.66. The Morgan fingerprint density at radius 2 is 2.07 bits per heavy atom. The predicted octanol–water partition coefficient (Wildman–Crippen LogP) is 3.06. The Balaban J connectivity index is 2.77. The summed E-state index contributed by atoms with van der Waals surface area (Å²) in [6.45, 7) is 6.03. The Kier molecular flexibility index (Phi) is 2.02. The predicted molar refractivity (Wildman–Crippen MR) is 54.8 cm³/mol. The molecule has 1 heterocycles. The lowest BCUT2D eigenvalue weighted by molar-refractivity contribution is 0.546. The number of fused-ring (bicyclic) bond motifs is 1. The monoisotopic (exact) mass is 192 g/mol. The van der Waals surface area contributed by atoms with Gasteiger partial charge in [0.2, 0.25) is 0 Å². The standard InChI is InChI=1S/C11H13FN2/c1-7(2)14-11-5-4-9(12)6-10(11)8(3)13-14/h4-7H,1-3H3. The van der Waals surface area contributed by atoms with Gasteiger partial charge in [0.25, 0.3) is 0 Å². The first-order valence-corrected chi connectivity index (χ1v) is 4.74. The molecule has 2 aromatic rings. The lowest BCUT2D eigenvalue weighted by atomic mass is 10.2. The molecule has 0 aliphatic carbocycles. The quantitative estimate of drug-likeness (QED) is 0.679. The van der Waals surface area contributed by atoms with Crippen molar-refractivity contribution < 1.29 is 4.39 Å². The van der Waals surface area contributed by atoms with Crippen molar-refractivity contribution in [3.05, 3.63) is 29.7 Å². The van der Waals surface area contributed by atoms with Crippen LogP contribution in [0.25, 0.3) is 10.9 Å². The average Bonchev–Trinajstić information content (AvgIpc) is 2.44. The van der Waals surface area contributed by atoms with E-state index in [9.17, 15) is 4.39 Å². The molecule has 0 spiro atoms. The van der Waals surface area contributed by atoms with Gasteiger partial charge in [0.1, 0.15) is 5.82 Å². The van der Waals surface area contributed by atoms with Gasteiger partial charge < -0.3 is 0 Å². The summed E-state index contributed by atoms with van der Waals surface area (Å²) in [5.74, 6) is -0.205. The van der Waals surface area contributed by atoms with Gasteiger partial charge in [-0.15, -0.1) is 0 Å². The largest absolute Gasteiger partial charge is 0.262 e. The van der Waals surface area contributed by atoms with Gasteiger partial charge in [-0.25, -0.2) is 4.39 Å². The molecule has 0 radical (unpaired) electrons. The third-order valence-corrected chi connectivity index (χ3v) is 2.34. The highest BCUT2D eigenvalue weighted by Crippen LogP contribution is 2.21. The fraction of sp³-hybridized carbons (Fsp3) is 0.364. The Morgan fingerprint density at radius 1 is 1.36 bits per heavy atom. The van der Waals surface area contributed by atoms with Gasteiger partial charge in [0.15, 0.2) is 0 Å². The van der Waals surface area contributed by atoms with Crippen LogP contribution in [0.2, 0.25) is 0 Å². The third kappa shape index (κ3) is 1.29. The van der Waals surface area contributed by atoms with E-state index in [1.165, 1.54) is 12.1 Å². The molecule has 0 aliphatic heterocycles. The van der Waals surface area contributed by atoms with Crippen molar-refractivity contribution in [2.45, 2.75) is 26.8 Å². The normalized spacial score (nSPS) is 11.5. The average molecular weight is 192 g/mol. The number of aryl methyl sites for hydroxylation is 1. The van der Waals surface area contributed by atoms with E-state index in [2.05, 4.69) is 18.9 Å². The Morgan fingerprint density at radius 3 is 2.71 bits per heavy atom. The summed E-state index contributed by atoms with van der Waals surface area (Å²) in [6, 6.07) is 5.10. The molecule has 0 fully saturated rings. The highest BCUT2D eigenvalue weighted by Gasteiger charge is 2.09. The zero-order valence-corrected chi connectivity index (χ0v) is 8.58. The number of halogens is 1. The number of benzene rings is 1. The van der Waals surface area contributed by atoms with Gasteiger partial charge in [-0.3, -0.25) is 4.68 Å². The molecule has 0 N–H and O–H groups in total. The molecule has 1 aromatic carbocycles. The van der Waals surface area contributed by atoms with Gasteiger partial charge in [0.05, 0.1) is 11.2 Å². The second-order valence-electron chi connectivity index (χ2n) is 3.79. The molecule has 0 amide bonds. The zero-order valence-electron chi connectivity index (χ0n) is 8.58. The molecule has 0 atom stereocenters. The molecule has 0 unspecified atom stereocenters. The number of nitrogens with zero attached hydrogens (tertiary/aromatic N) is 2. The van der Waals surface area contributed by atoms with Crippen LogP contribution in [0.5, 0.6) is 0 Å². The van der Waals surface area contributed by atoms with Crippen LogP contribution in [0.1, 0.15) is 25.6 Å². The maximum absolute atomic E-state index is 13.0. The van der Waals surface area contributed by atoms with Crippen molar-refractivity contribution in [3.63, 3.8) is 0 Å². The minimum Gasteiger partial charge on any atom is -0.262 e. The lowest BCUT2D eigenvalue weighted by Crippen LogP contribution is -2.02. The summed E-state index contributed by atoms with van der Waals surface area (Å²) < 4.78 is 14.9. The van der Waals surface area contributed by atoms with Crippen LogP contribution in [0.4, 0.5) is 4.39 Å². The minimum absolute atomic E-state index is 0.205. The third-order valence-electron chi connectivity index (χ3n) is 2.34. The molecule has 0 bridgehead atoms. The van der Waals surface area contributed by atoms with Crippen molar-refractivity contribution in [1.82, 2.24) is 9.78 Å². The maximum Gasteiger partial charge on any atom is 0.124 e. The summed E-state index contributed by atoms with van der Waals surface area (Å²) in [5, 5.41) is 5.28. The highest BCUT2D eigenvalue weighted by atomic mass is 19.1. The van der Waals surface area contributed by atoms with Crippen molar-refractivity contribution >= 4 is 10.9 Å². The van der Waals surface area contributed by atoms with E-state index in [1.807, 2.05) is 11.6 Å². The molecule has 14 heavy (non-hydrogen) atoms. The summed E-state index contributed by atoms with van der Waals surface area (Å²) in [4.78, 5) is 0. The fourth-order valence-electron chi connectivity index (χ4n) is 1.66. The van der Waals surface area contributed by atoms with Crippen molar-refractivity contribution in [2.24, 2.45) is 0 Å². The molecular formula is C11H13FN2. The van der Waals surface area contributed by atoms with E-state index in [0.717, 1.165) is 16.6 Å². The smallest absolute Gasteiger partial charge is 0.124 e. The highest BCUT2D eigenvalue weighted by molar-refractivity contribution is 5.81. The number of rotatable bonds is 1. The summed E-state index contributed by atoms with van der Waals surface area (Å²) in [7, 11) is 0. The van der Waals surface area contributed by atoms with Gasteiger partial charge in [-0.2, -0.15) is 5.10 Å². The minimum atomic E-state index is -0.205. The molecule has 2 nitrogen and oxygen atoms in total. The molecule has 1 aromatic heterocycles. The first-order valence-electron chi connectivity index (χ1n) is 4.74. The van der Waals surface area contributed by atoms with Crippen molar-refractivity contribution in [2.75, 3.05) is 0 Å². The van der Waals surface area contributed by atoms with Gasteiger partial charge >= 0.3 is 0 Å². The van der Waals surface area contributed by atoms with Crippen LogP contribution in [0.3, 0.4) is 0 Å². The Labute approximate surface area is 82.3 Å². The molecule has 74 valence electrons. The second kappa shape index (κ2) is 3.08. The van der Waals surface area contributed by atoms with E-state index in [4.69, 9.17) is 0 Å². The summed E-state index contributed by atoms with van der Waals surface area (Å²) in [5.41, 5.74) is 1.88. The van der Waals surface area contributed by atoms with Crippen molar-refractivity contribution in [1.29, 1.82) is 0 Å². The number of hydrogen-bond donors (Lipinski definition) is 0. The van der Waals surface area contributed by atoms with Gasteiger partial charge in [-0.05, 0) is 39.0 Å². The molecule has 2 rings (SSSR count). The Bertz CT molecular complexity index is 471. The first-order chi connectivity index (χ1) is 6.59. The van der Waals surface area contributed by atoms with Crippen LogP contribution in [-0.4, -0.2) is 9.78 Å². The molecule has 0 saturated carbocycles. The van der Waals surface area contributed by atoms with E-state index in [1.54, 1.807) is 6.07 Å². The summed E-state index contributed by atoms with van der Waals surface area (Å²) >= 11 is 0. The van der Waals surface area contributed by atoms with Crippen LogP contribution < -0.4 is 0 Å². The maximum atomic E-state index is 13.0. The number of aromatic nitrogens is 2. The van der Waals surface area contributed by atoms with E-state index >= 15 is 0 Å². The van der Waals surface area contributed by atoms with Crippen molar-refractivity contribution in [3.8, 4) is 0 Å². The van der Waals surface area contributed by atoms with Gasteiger partial charge in [-0.1, -0.05) is 0 Å². The van der Waals surface area contributed by atoms with Gasteiger partial charge in [0, 0.05) is 11.4 Å². The molecule has 0 aliphatic rings. The SMILES string of the molecule is Cc1nn(C(C)C)c2ccc(F)cc12. The van der Waals surface area contributed by atoms with Crippen LogP contribution >= 0.6 is 0 Å². The summed E-state index contributed by atoms with van der Waals surface area (Å²) in [6.07, 6.45) is 0. The number of hydrogen-bond acceptors (Lipinski definition) is 1. The van der Waals surface area contributed by atoms with E-state index in [-0.39, 0.29) is 5.82 Å². The van der Waals surface area contributed by atoms with Crippen LogP contribution in [0.15, 0.2) is 18.2 Å². The van der Waals surface area contributed by atoms with Crippen LogP contribution in [-0.2, 0) is 0 Å².